The van der Waals surface area contributed by atoms with Crippen molar-refractivity contribution >= 4 is 17.6 Å². The lowest BCUT2D eigenvalue weighted by molar-refractivity contribution is 0.318. The highest BCUT2D eigenvalue weighted by Gasteiger charge is 2.15. The third-order valence-corrected chi connectivity index (χ3v) is 4.40. The standard InChI is InChI=1S/C13H19N3OS/c14-13(16-17)12-4-2-1-3-11(12)8-15-7-10-5-6-18-9-10/h1-4,10,15,17H,5-9H2,(H2,14,16). The first-order valence-electron chi connectivity index (χ1n) is 6.15. The topological polar surface area (TPSA) is 70.6 Å². The fraction of sp³-hybridized carbons (Fsp3) is 0.462. The molecular formula is C13H19N3OS. The number of nitrogens with two attached hydrogens (primary N) is 1. The van der Waals surface area contributed by atoms with Crippen molar-refractivity contribution in [3.63, 3.8) is 0 Å². The van der Waals surface area contributed by atoms with Crippen molar-refractivity contribution in [2.45, 2.75) is 13.0 Å². The molecule has 2 rings (SSSR count). The van der Waals surface area contributed by atoms with Crippen LogP contribution in [0.15, 0.2) is 29.4 Å². The fourth-order valence-electron chi connectivity index (χ4n) is 2.13. The molecule has 1 aromatic carbocycles. The van der Waals surface area contributed by atoms with Crippen LogP contribution in [0.2, 0.25) is 0 Å². The Morgan fingerprint density at radius 2 is 2.33 bits per heavy atom. The Morgan fingerprint density at radius 3 is 3.06 bits per heavy atom. The average Bonchev–Trinajstić information content (AvgIpc) is 2.92. The van der Waals surface area contributed by atoms with E-state index in [9.17, 15) is 0 Å². The van der Waals surface area contributed by atoms with E-state index in [0.717, 1.165) is 30.1 Å². The van der Waals surface area contributed by atoms with Gasteiger partial charge in [0, 0.05) is 12.1 Å². The van der Waals surface area contributed by atoms with Crippen molar-refractivity contribution in [1.82, 2.24) is 5.32 Å². The molecule has 1 fully saturated rings. The minimum Gasteiger partial charge on any atom is -0.409 e. The quantitative estimate of drug-likeness (QED) is 0.327. The zero-order valence-electron chi connectivity index (χ0n) is 10.3. The summed E-state index contributed by atoms with van der Waals surface area (Å²) >= 11 is 2.03. The molecule has 1 aliphatic heterocycles. The van der Waals surface area contributed by atoms with E-state index in [1.807, 2.05) is 36.0 Å². The summed E-state index contributed by atoms with van der Waals surface area (Å²) in [4.78, 5) is 0. The second-order valence-electron chi connectivity index (χ2n) is 4.50. The van der Waals surface area contributed by atoms with Crippen LogP contribution in [0.25, 0.3) is 0 Å². The van der Waals surface area contributed by atoms with Crippen molar-refractivity contribution in [3.8, 4) is 0 Å². The van der Waals surface area contributed by atoms with Gasteiger partial charge in [0.05, 0.1) is 0 Å². The molecule has 18 heavy (non-hydrogen) atoms. The van der Waals surface area contributed by atoms with Crippen LogP contribution in [-0.2, 0) is 6.54 Å². The van der Waals surface area contributed by atoms with Crippen molar-refractivity contribution in [3.05, 3.63) is 35.4 Å². The average molecular weight is 265 g/mol. The number of nitrogens with one attached hydrogen (secondary N) is 1. The Labute approximate surface area is 112 Å². The first kappa shape index (κ1) is 13.2. The predicted octanol–water partition coefficient (Wildman–Crippen LogP) is 1.62. The van der Waals surface area contributed by atoms with Gasteiger partial charge >= 0.3 is 0 Å². The molecule has 4 nitrogen and oxygen atoms in total. The van der Waals surface area contributed by atoms with E-state index in [0.29, 0.717) is 0 Å². The van der Waals surface area contributed by atoms with E-state index in [-0.39, 0.29) is 5.84 Å². The lowest BCUT2D eigenvalue weighted by atomic mass is 10.1. The molecule has 5 heteroatoms. The Morgan fingerprint density at radius 1 is 1.50 bits per heavy atom. The molecule has 0 radical (unpaired) electrons. The summed E-state index contributed by atoms with van der Waals surface area (Å²) in [7, 11) is 0. The summed E-state index contributed by atoms with van der Waals surface area (Å²) in [6, 6.07) is 7.74. The summed E-state index contributed by atoms with van der Waals surface area (Å²) in [6.45, 7) is 1.80. The van der Waals surface area contributed by atoms with Crippen LogP contribution < -0.4 is 11.1 Å². The van der Waals surface area contributed by atoms with Gasteiger partial charge in [0.25, 0.3) is 0 Å². The van der Waals surface area contributed by atoms with E-state index in [1.54, 1.807) is 0 Å². The molecule has 1 saturated heterocycles. The minimum atomic E-state index is 0.170. The maximum atomic E-state index is 8.75. The first-order valence-corrected chi connectivity index (χ1v) is 7.31. The summed E-state index contributed by atoms with van der Waals surface area (Å²) in [6.07, 6.45) is 1.31. The second-order valence-corrected chi connectivity index (χ2v) is 5.65. The van der Waals surface area contributed by atoms with Crippen LogP contribution in [0.3, 0.4) is 0 Å². The van der Waals surface area contributed by atoms with Crippen LogP contribution in [0.1, 0.15) is 17.5 Å². The predicted molar refractivity (Wildman–Crippen MR) is 76.1 cm³/mol. The molecule has 0 spiro atoms. The number of hydrogen-bond donors (Lipinski definition) is 3. The van der Waals surface area contributed by atoms with E-state index < -0.39 is 0 Å². The van der Waals surface area contributed by atoms with Gasteiger partial charge in [-0.05, 0) is 36.0 Å². The van der Waals surface area contributed by atoms with E-state index >= 15 is 0 Å². The number of hydrogen-bond acceptors (Lipinski definition) is 4. The molecule has 0 saturated carbocycles. The van der Waals surface area contributed by atoms with Gasteiger partial charge in [0.15, 0.2) is 5.84 Å². The third-order valence-electron chi connectivity index (χ3n) is 3.17. The smallest absolute Gasteiger partial charge is 0.170 e. The van der Waals surface area contributed by atoms with Crippen LogP contribution in [0.5, 0.6) is 0 Å². The highest BCUT2D eigenvalue weighted by Crippen LogP contribution is 2.22. The number of benzene rings is 1. The normalized spacial score (nSPS) is 20.2. The van der Waals surface area contributed by atoms with Crippen molar-refractivity contribution in [2.24, 2.45) is 16.8 Å². The molecule has 98 valence electrons. The summed E-state index contributed by atoms with van der Waals surface area (Å²) < 4.78 is 0. The zero-order valence-corrected chi connectivity index (χ0v) is 11.1. The number of nitrogens with zero attached hydrogens (tertiary/aromatic N) is 1. The van der Waals surface area contributed by atoms with Crippen LogP contribution in [0.4, 0.5) is 0 Å². The van der Waals surface area contributed by atoms with Gasteiger partial charge in [-0.3, -0.25) is 0 Å². The maximum absolute atomic E-state index is 8.75. The molecule has 1 heterocycles. The minimum absolute atomic E-state index is 0.170. The maximum Gasteiger partial charge on any atom is 0.170 e. The first-order chi connectivity index (χ1) is 8.81. The van der Waals surface area contributed by atoms with E-state index in [1.165, 1.54) is 17.9 Å². The van der Waals surface area contributed by atoms with Gasteiger partial charge in [0.2, 0.25) is 0 Å². The molecule has 1 aromatic rings. The van der Waals surface area contributed by atoms with Crippen LogP contribution >= 0.6 is 11.8 Å². The number of amidine groups is 1. The van der Waals surface area contributed by atoms with Crippen LogP contribution in [-0.4, -0.2) is 29.1 Å². The number of oxime groups is 1. The highest BCUT2D eigenvalue weighted by molar-refractivity contribution is 7.99. The largest absolute Gasteiger partial charge is 0.409 e. The van der Waals surface area contributed by atoms with Gasteiger partial charge in [-0.25, -0.2) is 0 Å². The van der Waals surface area contributed by atoms with Gasteiger partial charge in [-0.2, -0.15) is 11.8 Å². The Kier molecular flexibility index (Phi) is 4.90. The third kappa shape index (κ3) is 3.40. The summed E-state index contributed by atoms with van der Waals surface area (Å²) in [5.41, 5.74) is 7.53. The van der Waals surface area contributed by atoms with Crippen molar-refractivity contribution in [2.75, 3.05) is 18.1 Å². The highest BCUT2D eigenvalue weighted by atomic mass is 32.2. The van der Waals surface area contributed by atoms with E-state index in [2.05, 4.69) is 10.5 Å². The Hall–Kier alpha value is -1.20. The molecule has 1 unspecified atom stereocenters. The zero-order chi connectivity index (χ0) is 12.8. The lowest BCUT2D eigenvalue weighted by Gasteiger charge is -2.12. The molecule has 0 amide bonds. The van der Waals surface area contributed by atoms with Gasteiger partial charge in [-0.15, -0.1) is 0 Å². The Balaban J connectivity index is 1.92. The van der Waals surface area contributed by atoms with Gasteiger partial charge < -0.3 is 16.3 Å². The molecule has 0 aromatic heterocycles. The molecule has 1 aliphatic rings. The van der Waals surface area contributed by atoms with Crippen molar-refractivity contribution < 1.29 is 5.21 Å². The summed E-state index contributed by atoms with van der Waals surface area (Å²) in [5, 5.41) is 15.3. The molecule has 0 aliphatic carbocycles. The van der Waals surface area contributed by atoms with Gasteiger partial charge in [0.1, 0.15) is 0 Å². The van der Waals surface area contributed by atoms with Crippen molar-refractivity contribution in [1.29, 1.82) is 0 Å². The summed E-state index contributed by atoms with van der Waals surface area (Å²) in [5.74, 6) is 3.50. The monoisotopic (exact) mass is 265 g/mol. The Bertz CT molecular complexity index is 416. The van der Waals surface area contributed by atoms with E-state index in [4.69, 9.17) is 10.9 Å². The molecular weight excluding hydrogens is 246 g/mol. The number of rotatable bonds is 5. The molecule has 4 N–H and O–H groups in total. The van der Waals surface area contributed by atoms with Crippen LogP contribution in [0, 0.1) is 5.92 Å². The molecule has 0 bridgehead atoms. The van der Waals surface area contributed by atoms with Gasteiger partial charge in [-0.1, -0.05) is 29.4 Å². The molecule has 1 atom stereocenters. The second kappa shape index (κ2) is 6.66. The number of thioether (sulfide) groups is 1. The lowest BCUT2D eigenvalue weighted by Crippen LogP contribution is -2.24. The fourth-order valence-corrected chi connectivity index (χ4v) is 3.42. The SMILES string of the molecule is N/C(=N/O)c1ccccc1CNCC1CCSC1.